The van der Waals surface area contributed by atoms with Gasteiger partial charge in [-0.3, -0.25) is 14.4 Å². The number of amides is 1. The lowest BCUT2D eigenvalue weighted by Gasteiger charge is -2.35. The van der Waals surface area contributed by atoms with Crippen LogP contribution in [0.15, 0.2) is 36.7 Å². The number of aliphatic hydroxyl groups is 1. The molecule has 0 radical (unpaired) electrons. The van der Waals surface area contributed by atoms with Gasteiger partial charge in [0.2, 0.25) is 5.91 Å². The first-order valence-electron chi connectivity index (χ1n) is 9.57. The summed E-state index contributed by atoms with van der Waals surface area (Å²) >= 11 is 6.02. The van der Waals surface area contributed by atoms with E-state index in [1.807, 2.05) is 19.2 Å². The molecule has 0 spiro atoms. The second-order valence-corrected chi connectivity index (χ2v) is 8.25. The van der Waals surface area contributed by atoms with E-state index in [0.29, 0.717) is 41.3 Å². The molecule has 150 valence electrons. The Hall–Kier alpha value is -2.09. The molecule has 0 unspecified atom stereocenters. The van der Waals surface area contributed by atoms with Gasteiger partial charge in [-0.2, -0.15) is 5.10 Å². The van der Waals surface area contributed by atoms with Crippen molar-refractivity contribution in [3.63, 3.8) is 0 Å². The van der Waals surface area contributed by atoms with Crippen LogP contribution < -0.4 is 10.1 Å². The third kappa shape index (κ3) is 4.48. The molecule has 7 nitrogen and oxygen atoms in total. The van der Waals surface area contributed by atoms with Crippen molar-refractivity contribution in [3.05, 3.63) is 41.7 Å². The highest BCUT2D eigenvalue weighted by Gasteiger charge is 2.43. The normalized spacial score (nSPS) is 27.4. The molecule has 0 bridgehead atoms. The van der Waals surface area contributed by atoms with Crippen LogP contribution in [0.1, 0.15) is 12.8 Å². The summed E-state index contributed by atoms with van der Waals surface area (Å²) < 4.78 is 7.67. The van der Waals surface area contributed by atoms with E-state index in [-0.39, 0.29) is 12.0 Å². The molecule has 1 saturated heterocycles. The number of rotatable bonds is 5. The minimum atomic E-state index is -0.510. The molecular weight excluding hydrogens is 380 g/mol. The molecule has 2 aromatic rings. The lowest BCUT2D eigenvalue weighted by Crippen LogP contribution is -2.42. The quantitative estimate of drug-likeness (QED) is 0.798. The van der Waals surface area contributed by atoms with E-state index in [1.165, 1.54) is 0 Å². The minimum Gasteiger partial charge on any atom is -0.488 e. The highest BCUT2D eigenvalue weighted by Crippen LogP contribution is 2.38. The van der Waals surface area contributed by atoms with Crippen LogP contribution in [0, 0.1) is 11.8 Å². The van der Waals surface area contributed by atoms with Crippen molar-refractivity contribution in [1.82, 2.24) is 14.7 Å². The number of hydrogen-bond acceptors (Lipinski definition) is 5. The lowest BCUT2D eigenvalue weighted by molar-refractivity contribution is -0.117. The van der Waals surface area contributed by atoms with Crippen LogP contribution in [0.25, 0.3) is 0 Å². The van der Waals surface area contributed by atoms with Crippen LogP contribution in [-0.2, 0) is 11.8 Å². The number of halogens is 1. The van der Waals surface area contributed by atoms with Crippen molar-refractivity contribution in [2.24, 2.45) is 18.9 Å². The minimum absolute atomic E-state index is 0.0427. The molecule has 1 saturated carbocycles. The summed E-state index contributed by atoms with van der Waals surface area (Å²) in [5.74, 6) is 1.44. The Kier molecular flexibility index (Phi) is 5.57. The maximum Gasteiger partial charge on any atom is 0.238 e. The summed E-state index contributed by atoms with van der Waals surface area (Å²) in [4.78, 5) is 14.5. The van der Waals surface area contributed by atoms with Gasteiger partial charge in [0, 0.05) is 31.4 Å². The molecule has 1 aliphatic carbocycles. The summed E-state index contributed by atoms with van der Waals surface area (Å²) in [6.45, 7) is 2.01. The number of aliphatic hydroxyl groups excluding tert-OH is 1. The summed E-state index contributed by atoms with van der Waals surface area (Å²) in [7, 11) is 1.81. The number of nitrogens with one attached hydrogen (secondary N) is 1. The zero-order valence-electron chi connectivity index (χ0n) is 15.8. The first-order valence-corrected chi connectivity index (χ1v) is 9.95. The van der Waals surface area contributed by atoms with Gasteiger partial charge in [0.05, 0.1) is 24.5 Å². The molecule has 4 rings (SSSR count). The van der Waals surface area contributed by atoms with Gasteiger partial charge in [-0.1, -0.05) is 17.7 Å². The van der Waals surface area contributed by atoms with Crippen LogP contribution >= 0.6 is 11.6 Å². The molecule has 1 amide bonds. The molecule has 2 N–H and O–H groups in total. The van der Waals surface area contributed by atoms with Crippen LogP contribution in [0.3, 0.4) is 0 Å². The van der Waals surface area contributed by atoms with E-state index in [4.69, 9.17) is 16.3 Å². The molecule has 28 heavy (non-hydrogen) atoms. The largest absolute Gasteiger partial charge is 0.488 e. The van der Waals surface area contributed by atoms with Crippen LogP contribution in [0.2, 0.25) is 5.02 Å². The maximum atomic E-state index is 12.3. The van der Waals surface area contributed by atoms with Crippen molar-refractivity contribution in [1.29, 1.82) is 0 Å². The van der Waals surface area contributed by atoms with Gasteiger partial charge in [0.1, 0.15) is 11.9 Å². The predicted molar refractivity (Wildman–Crippen MR) is 106 cm³/mol. The average Bonchev–Trinajstić information content (AvgIpc) is 3.20. The topological polar surface area (TPSA) is 79.6 Å². The van der Waals surface area contributed by atoms with Crippen molar-refractivity contribution < 1.29 is 14.6 Å². The fourth-order valence-electron chi connectivity index (χ4n) is 4.35. The number of ether oxygens (including phenoxy) is 1. The van der Waals surface area contributed by atoms with Crippen molar-refractivity contribution in [2.75, 3.05) is 25.0 Å². The van der Waals surface area contributed by atoms with E-state index < -0.39 is 6.10 Å². The van der Waals surface area contributed by atoms with Crippen LogP contribution in [-0.4, -0.2) is 57.5 Å². The van der Waals surface area contributed by atoms with E-state index in [0.717, 1.165) is 19.5 Å². The molecule has 4 atom stereocenters. The summed E-state index contributed by atoms with van der Waals surface area (Å²) in [5.41, 5.74) is 0.703. The average molecular weight is 405 g/mol. The van der Waals surface area contributed by atoms with Crippen LogP contribution in [0.5, 0.6) is 5.75 Å². The van der Waals surface area contributed by atoms with Gasteiger partial charge in [0.15, 0.2) is 0 Å². The van der Waals surface area contributed by atoms with E-state index in [2.05, 4.69) is 15.3 Å². The number of benzene rings is 1. The number of nitrogens with zero attached hydrogens (tertiary/aromatic N) is 3. The predicted octanol–water partition coefficient (Wildman–Crippen LogP) is 2.16. The zero-order chi connectivity index (χ0) is 19.7. The van der Waals surface area contributed by atoms with Crippen LogP contribution in [0.4, 0.5) is 5.69 Å². The van der Waals surface area contributed by atoms with Gasteiger partial charge >= 0.3 is 0 Å². The smallest absolute Gasteiger partial charge is 0.238 e. The van der Waals surface area contributed by atoms with Crippen molar-refractivity contribution in [2.45, 2.75) is 25.0 Å². The highest BCUT2D eigenvalue weighted by molar-refractivity contribution is 6.30. The van der Waals surface area contributed by atoms with Crippen molar-refractivity contribution in [3.8, 4) is 5.75 Å². The molecule has 8 heteroatoms. The Labute approximate surface area is 169 Å². The summed E-state index contributed by atoms with van der Waals surface area (Å²) in [6.07, 6.45) is 4.12. The molecule has 1 aromatic heterocycles. The summed E-state index contributed by atoms with van der Waals surface area (Å²) in [6, 6.07) is 7.26. The number of carbonyl (C=O) groups excluding carboxylic acids is 1. The number of likely N-dealkylation sites (tertiary alicyclic amines) is 1. The number of fused-ring (bicyclic) bond motifs is 1. The summed E-state index contributed by atoms with van der Waals surface area (Å²) in [5, 5.41) is 18.1. The zero-order valence-corrected chi connectivity index (χ0v) is 16.5. The van der Waals surface area contributed by atoms with E-state index in [9.17, 15) is 9.90 Å². The molecule has 2 heterocycles. The van der Waals surface area contributed by atoms with Crippen molar-refractivity contribution >= 4 is 23.2 Å². The maximum absolute atomic E-state index is 12.3. The Morgan fingerprint density at radius 3 is 2.86 bits per heavy atom. The second kappa shape index (κ2) is 8.11. The standard InChI is InChI=1S/C20H25ClN4O3/c1-24-11-16(8-22-24)23-20(27)12-25-9-13-5-18(26)19(6-14(13)10-25)28-17-4-2-3-15(21)7-17/h2-4,7-8,11,13-14,18-19,26H,5-6,9-10,12H2,1H3,(H,23,27)/t13-,14+,18+,19+/m0/s1. The Bertz CT molecular complexity index is 842. The van der Waals surface area contributed by atoms with Gasteiger partial charge < -0.3 is 15.2 Å². The highest BCUT2D eigenvalue weighted by atomic mass is 35.5. The van der Waals surface area contributed by atoms with Gasteiger partial charge in [-0.25, -0.2) is 0 Å². The Balaban J connectivity index is 1.31. The fourth-order valence-corrected chi connectivity index (χ4v) is 4.53. The molecular formula is C20H25ClN4O3. The Morgan fingerprint density at radius 2 is 2.14 bits per heavy atom. The first kappa shape index (κ1) is 19.2. The molecule has 2 aliphatic rings. The molecule has 1 aliphatic heterocycles. The number of aromatic nitrogens is 2. The number of carbonyl (C=O) groups is 1. The number of hydrogen-bond donors (Lipinski definition) is 2. The number of anilines is 1. The number of aryl methyl sites for hydroxylation is 1. The molecule has 1 aromatic carbocycles. The third-order valence-electron chi connectivity index (χ3n) is 5.60. The van der Waals surface area contributed by atoms with Gasteiger partial charge in [-0.05, 0) is 42.9 Å². The fraction of sp³-hybridized carbons (Fsp3) is 0.500. The van der Waals surface area contributed by atoms with Gasteiger partial charge in [-0.15, -0.1) is 0 Å². The SMILES string of the molecule is Cn1cc(NC(=O)CN2C[C@H]3C[C@@H](Oc4cccc(Cl)c4)[C@H](O)C[C@H]3C2)cn1. The Morgan fingerprint density at radius 1 is 1.36 bits per heavy atom. The third-order valence-corrected chi connectivity index (χ3v) is 5.84. The lowest BCUT2D eigenvalue weighted by atomic mass is 9.78. The monoisotopic (exact) mass is 404 g/mol. The molecule has 2 fully saturated rings. The van der Waals surface area contributed by atoms with Gasteiger partial charge in [0.25, 0.3) is 0 Å². The van der Waals surface area contributed by atoms with E-state index in [1.54, 1.807) is 29.2 Å². The van der Waals surface area contributed by atoms with E-state index >= 15 is 0 Å². The second-order valence-electron chi connectivity index (χ2n) is 7.82. The first-order chi connectivity index (χ1) is 13.5.